The van der Waals surface area contributed by atoms with Crippen LogP contribution in [0.2, 0.25) is 0 Å². The van der Waals surface area contributed by atoms with Crippen molar-refractivity contribution in [2.45, 2.75) is 25.4 Å². The van der Waals surface area contributed by atoms with Crippen LogP contribution in [0, 0.1) is 0 Å². The second kappa shape index (κ2) is 8.48. The summed E-state index contributed by atoms with van der Waals surface area (Å²) in [6.45, 7) is 0.797. The average Bonchev–Trinajstić information content (AvgIpc) is 3.12. The van der Waals surface area contributed by atoms with E-state index in [1.54, 1.807) is 29.4 Å². The minimum atomic E-state index is -0.222. The van der Waals surface area contributed by atoms with Crippen LogP contribution in [0.3, 0.4) is 0 Å². The topological polar surface area (TPSA) is 93.7 Å². The largest absolute Gasteiger partial charge is 0.481 e. The van der Waals surface area contributed by atoms with Crippen LogP contribution in [0.15, 0.2) is 36.7 Å². The summed E-state index contributed by atoms with van der Waals surface area (Å²) in [5.41, 5.74) is 1.29. The standard InChI is InChI=1S/C19H22N4O4/c1-26-17-6-4-15(18(22-17)27-2)19(25)23(11-13-7-9-20-10-8-13)12-14-3-5-16(24)21-14/h4,6-10,14H,3,5,11-12H2,1-2H3,(H,21,24)/t14-/m0/s1. The van der Waals surface area contributed by atoms with Gasteiger partial charge in [-0.1, -0.05) is 0 Å². The molecule has 0 aliphatic carbocycles. The van der Waals surface area contributed by atoms with E-state index in [2.05, 4.69) is 15.3 Å². The lowest BCUT2D eigenvalue weighted by molar-refractivity contribution is -0.119. The molecule has 0 bridgehead atoms. The summed E-state index contributed by atoms with van der Waals surface area (Å²) >= 11 is 0. The summed E-state index contributed by atoms with van der Waals surface area (Å²) in [5.74, 6) is 0.363. The third-order valence-electron chi connectivity index (χ3n) is 4.40. The molecule has 2 aromatic heterocycles. The number of nitrogens with one attached hydrogen (secondary N) is 1. The van der Waals surface area contributed by atoms with Gasteiger partial charge >= 0.3 is 0 Å². The van der Waals surface area contributed by atoms with E-state index in [1.807, 2.05) is 12.1 Å². The number of hydrogen-bond donors (Lipinski definition) is 1. The van der Waals surface area contributed by atoms with Crippen LogP contribution >= 0.6 is 0 Å². The van der Waals surface area contributed by atoms with Gasteiger partial charge in [0.1, 0.15) is 5.56 Å². The quantitative estimate of drug-likeness (QED) is 0.792. The van der Waals surface area contributed by atoms with Gasteiger partial charge in [-0.3, -0.25) is 14.6 Å². The maximum Gasteiger partial charge on any atom is 0.259 e. The number of hydrogen-bond acceptors (Lipinski definition) is 6. The molecule has 8 heteroatoms. The number of amides is 2. The fraction of sp³-hybridized carbons (Fsp3) is 0.368. The van der Waals surface area contributed by atoms with E-state index in [4.69, 9.17) is 9.47 Å². The van der Waals surface area contributed by atoms with Crippen molar-refractivity contribution < 1.29 is 19.1 Å². The summed E-state index contributed by atoms with van der Waals surface area (Å²) in [4.78, 5) is 34.7. The van der Waals surface area contributed by atoms with Gasteiger partial charge in [0, 0.05) is 44.0 Å². The van der Waals surface area contributed by atoms with Crippen LogP contribution < -0.4 is 14.8 Å². The van der Waals surface area contributed by atoms with Gasteiger partial charge in [0.15, 0.2) is 0 Å². The van der Waals surface area contributed by atoms with Crippen molar-refractivity contribution in [3.63, 3.8) is 0 Å². The highest BCUT2D eigenvalue weighted by molar-refractivity contribution is 5.96. The highest BCUT2D eigenvalue weighted by Gasteiger charge is 2.28. The molecule has 1 atom stereocenters. The number of carbonyl (C=O) groups is 2. The molecule has 1 aliphatic heterocycles. The van der Waals surface area contributed by atoms with Gasteiger partial charge in [0.2, 0.25) is 17.7 Å². The molecule has 142 valence electrons. The van der Waals surface area contributed by atoms with E-state index < -0.39 is 0 Å². The first-order valence-corrected chi connectivity index (χ1v) is 8.67. The van der Waals surface area contributed by atoms with Crippen LogP contribution in [-0.2, 0) is 11.3 Å². The second-order valence-electron chi connectivity index (χ2n) is 6.25. The molecule has 1 fully saturated rings. The third kappa shape index (κ3) is 4.52. The first kappa shape index (κ1) is 18.6. The molecule has 0 radical (unpaired) electrons. The maximum absolute atomic E-state index is 13.2. The Labute approximate surface area is 157 Å². The first-order valence-electron chi connectivity index (χ1n) is 8.67. The van der Waals surface area contributed by atoms with Crippen molar-refractivity contribution in [1.29, 1.82) is 0 Å². The van der Waals surface area contributed by atoms with Gasteiger partial charge in [-0.05, 0) is 30.2 Å². The molecular weight excluding hydrogens is 348 g/mol. The zero-order valence-corrected chi connectivity index (χ0v) is 15.3. The Hall–Kier alpha value is -3.16. The van der Waals surface area contributed by atoms with Gasteiger partial charge in [0.25, 0.3) is 5.91 Å². The molecule has 0 aromatic carbocycles. The molecule has 0 spiro atoms. The molecule has 1 saturated heterocycles. The lowest BCUT2D eigenvalue weighted by Gasteiger charge is -2.26. The van der Waals surface area contributed by atoms with E-state index in [-0.39, 0.29) is 23.7 Å². The Bertz CT molecular complexity index is 813. The van der Waals surface area contributed by atoms with Gasteiger partial charge in [-0.15, -0.1) is 0 Å². The fourth-order valence-electron chi connectivity index (χ4n) is 3.03. The SMILES string of the molecule is COc1ccc(C(=O)N(Cc2ccncc2)C[C@@H]2CCC(=O)N2)c(OC)n1. The van der Waals surface area contributed by atoms with Crippen LogP contribution in [-0.4, -0.2) is 53.5 Å². The van der Waals surface area contributed by atoms with Gasteiger partial charge in [-0.2, -0.15) is 4.98 Å². The maximum atomic E-state index is 13.2. The first-order chi connectivity index (χ1) is 13.1. The molecule has 0 unspecified atom stereocenters. The van der Waals surface area contributed by atoms with E-state index in [0.717, 1.165) is 5.56 Å². The Morgan fingerprint density at radius 3 is 2.63 bits per heavy atom. The van der Waals surface area contributed by atoms with Crippen LogP contribution in [0.4, 0.5) is 0 Å². The predicted octanol–water partition coefficient (Wildman–Crippen LogP) is 1.41. The van der Waals surface area contributed by atoms with E-state index in [1.165, 1.54) is 14.2 Å². The molecular formula is C19H22N4O4. The molecule has 3 heterocycles. The number of carbonyl (C=O) groups excluding carboxylic acids is 2. The fourth-order valence-corrected chi connectivity index (χ4v) is 3.03. The zero-order chi connectivity index (χ0) is 19.2. The molecule has 8 nitrogen and oxygen atoms in total. The van der Waals surface area contributed by atoms with E-state index in [0.29, 0.717) is 37.4 Å². The number of methoxy groups -OCH3 is 2. The lowest BCUT2D eigenvalue weighted by Crippen LogP contribution is -2.41. The minimum Gasteiger partial charge on any atom is -0.481 e. The molecule has 2 aromatic rings. The Morgan fingerprint density at radius 2 is 2.00 bits per heavy atom. The highest BCUT2D eigenvalue weighted by Crippen LogP contribution is 2.23. The molecule has 1 aliphatic rings. The zero-order valence-electron chi connectivity index (χ0n) is 15.3. The number of rotatable bonds is 7. The summed E-state index contributed by atoms with van der Waals surface area (Å²) in [5, 5.41) is 2.91. The smallest absolute Gasteiger partial charge is 0.259 e. The number of ether oxygens (including phenoxy) is 2. The van der Waals surface area contributed by atoms with Crippen molar-refractivity contribution >= 4 is 11.8 Å². The predicted molar refractivity (Wildman–Crippen MR) is 97.5 cm³/mol. The van der Waals surface area contributed by atoms with Crippen molar-refractivity contribution in [2.75, 3.05) is 20.8 Å². The molecule has 3 rings (SSSR count). The number of aromatic nitrogens is 2. The van der Waals surface area contributed by atoms with Crippen LogP contribution in [0.25, 0.3) is 0 Å². The monoisotopic (exact) mass is 370 g/mol. The summed E-state index contributed by atoms with van der Waals surface area (Å²) in [7, 11) is 2.96. The van der Waals surface area contributed by atoms with Gasteiger partial charge in [-0.25, -0.2) is 0 Å². The number of nitrogens with zero attached hydrogens (tertiary/aromatic N) is 3. The lowest BCUT2D eigenvalue weighted by atomic mass is 10.1. The van der Waals surface area contributed by atoms with Gasteiger partial charge < -0.3 is 19.7 Å². The minimum absolute atomic E-state index is 0.0139. The Balaban J connectivity index is 1.86. The highest BCUT2D eigenvalue weighted by atomic mass is 16.5. The van der Waals surface area contributed by atoms with Crippen molar-refractivity contribution in [3.8, 4) is 11.8 Å². The Kier molecular flexibility index (Phi) is 5.85. The molecule has 1 N–H and O–H groups in total. The van der Waals surface area contributed by atoms with Crippen molar-refractivity contribution in [2.24, 2.45) is 0 Å². The van der Waals surface area contributed by atoms with E-state index >= 15 is 0 Å². The molecule has 0 saturated carbocycles. The van der Waals surface area contributed by atoms with E-state index in [9.17, 15) is 9.59 Å². The molecule has 2 amide bonds. The van der Waals surface area contributed by atoms with Crippen LogP contribution in [0.1, 0.15) is 28.8 Å². The summed E-state index contributed by atoms with van der Waals surface area (Å²) in [6.07, 6.45) is 4.56. The number of pyridine rings is 2. The van der Waals surface area contributed by atoms with Crippen molar-refractivity contribution in [1.82, 2.24) is 20.2 Å². The molecule has 27 heavy (non-hydrogen) atoms. The third-order valence-corrected chi connectivity index (χ3v) is 4.40. The summed E-state index contributed by atoms with van der Waals surface area (Å²) < 4.78 is 10.4. The summed E-state index contributed by atoms with van der Waals surface area (Å²) in [6, 6.07) is 6.91. The Morgan fingerprint density at radius 1 is 1.22 bits per heavy atom. The average molecular weight is 370 g/mol. The van der Waals surface area contributed by atoms with Crippen molar-refractivity contribution in [3.05, 3.63) is 47.8 Å². The normalized spacial score (nSPS) is 15.9. The second-order valence-corrected chi connectivity index (χ2v) is 6.25. The van der Waals surface area contributed by atoms with Crippen LogP contribution in [0.5, 0.6) is 11.8 Å². The van der Waals surface area contributed by atoms with Gasteiger partial charge in [0.05, 0.1) is 14.2 Å².